The van der Waals surface area contributed by atoms with Crippen LogP contribution < -0.4 is 4.74 Å². The minimum absolute atomic E-state index is 0.131. The number of methoxy groups -OCH3 is 1. The van der Waals surface area contributed by atoms with Gasteiger partial charge in [-0.2, -0.15) is 0 Å². The molecule has 1 saturated heterocycles. The maximum absolute atomic E-state index is 12.5. The van der Waals surface area contributed by atoms with Gasteiger partial charge in [-0.05, 0) is 30.2 Å². The molecule has 0 aliphatic carbocycles. The Balaban J connectivity index is 1.90. The van der Waals surface area contributed by atoms with E-state index in [1.54, 1.807) is 18.1 Å². The van der Waals surface area contributed by atoms with E-state index in [4.69, 9.17) is 9.15 Å². The van der Waals surface area contributed by atoms with Gasteiger partial charge in [0, 0.05) is 6.54 Å². The number of carbonyl (C=O) groups excluding carboxylic acids is 1. The Labute approximate surface area is 122 Å². The molecule has 2 heterocycles. The lowest BCUT2D eigenvalue weighted by molar-refractivity contribution is 0.0715. The van der Waals surface area contributed by atoms with E-state index in [1.807, 2.05) is 24.3 Å². The molecule has 1 aromatic carbocycles. The van der Waals surface area contributed by atoms with Crippen molar-refractivity contribution >= 4 is 5.91 Å². The Bertz CT molecular complexity index is 623. The Morgan fingerprint density at radius 3 is 3.00 bits per heavy atom. The van der Waals surface area contributed by atoms with Gasteiger partial charge in [-0.1, -0.05) is 12.1 Å². The normalized spacial score (nSPS) is 21.5. The summed E-state index contributed by atoms with van der Waals surface area (Å²) in [5.41, 5.74) is 1.46. The number of β-amino-alcohol motifs (C(OH)–C–C–N with tert-alkyl or cyclic N) is 1. The second kappa shape index (κ2) is 5.61. The van der Waals surface area contributed by atoms with E-state index in [0.29, 0.717) is 18.5 Å². The molecule has 2 atom stereocenters. The van der Waals surface area contributed by atoms with Crippen LogP contribution in [0.1, 0.15) is 28.4 Å². The zero-order valence-corrected chi connectivity index (χ0v) is 11.7. The summed E-state index contributed by atoms with van der Waals surface area (Å²) in [7, 11) is 1.61. The molecule has 1 fully saturated rings. The standard InChI is InChI=1S/C16H17NO4/c1-20-14-4-2-3-11(7-14)15-8-13(18)9-17(15)16(19)12-5-6-21-10-12/h2-7,10,13,15,18H,8-9H2,1H3/t13-,15+/m1/s1. The number of furan rings is 1. The molecule has 5 nitrogen and oxygen atoms in total. The van der Waals surface area contributed by atoms with E-state index in [1.165, 1.54) is 12.5 Å². The van der Waals surface area contributed by atoms with E-state index in [-0.39, 0.29) is 11.9 Å². The largest absolute Gasteiger partial charge is 0.497 e. The highest BCUT2D eigenvalue weighted by atomic mass is 16.5. The molecular formula is C16H17NO4. The first kappa shape index (κ1) is 13.7. The van der Waals surface area contributed by atoms with Crippen LogP contribution in [0.3, 0.4) is 0 Å². The molecule has 5 heteroatoms. The summed E-state index contributed by atoms with van der Waals surface area (Å²) >= 11 is 0. The number of amides is 1. The van der Waals surface area contributed by atoms with Crippen LogP contribution in [-0.4, -0.2) is 35.7 Å². The number of aliphatic hydroxyl groups excluding tert-OH is 1. The summed E-state index contributed by atoms with van der Waals surface area (Å²) in [6, 6.07) is 9.07. The van der Waals surface area contributed by atoms with Crippen LogP contribution in [-0.2, 0) is 0 Å². The molecule has 0 radical (unpaired) electrons. The van der Waals surface area contributed by atoms with E-state index in [2.05, 4.69) is 0 Å². The van der Waals surface area contributed by atoms with Crippen molar-refractivity contribution in [2.45, 2.75) is 18.6 Å². The third-order valence-electron chi connectivity index (χ3n) is 3.79. The predicted molar refractivity (Wildman–Crippen MR) is 76.1 cm³/mol. The van der Waals surface area contributed by atoms with Crippen molar-refractivity contribution in [3.8, 4) is 5.75 Å². The monoisotopic (exact) mass is 287 g/mol. The SMILES string of the molecule is COc1cccc([C@@H]2C[C@@H](O)CN2C(=O)c2ccoc2)c1. The first-order valence-corrected chi connectivity index (χ1v) is 6.84. The van der Waals surface area contributed by atoms with Gasteiger partial charge in [0.2, 0.25) is 0 Å². The van der Waals surface area contributed by atoms with Gasteiger partial charge in [0.1, 0.15) is 12.0 Å². The molecule has 2 aromatic rings. The number of likely N-dealkylation sites (tertiary alicyclic amines) is 1. The Kier molecular flexibility index (Phi) is 3.66. The fraction of sp³-hybridized carbons (Fsp3) is 0.312. The summed E-state index contributed by atoms with van der Waals surface area (Å²) in [5.74, 6) is 0.609. The van der Waals surface area contributed by atoms with Crippen molar-refractivity contribution < 1.29 is 19.1 Å². The number of hydrogen-bond donors (Lipinski definition) is 1. The highest BCUT2D eigenvalue weighted by molar-refractivity contribution is 5.94. The molecule has 1 amide bonds. The van der Waals surface area contributed by atoms with Gasteiger partial charge < -0.3 is 19.2 Å². The lowest BCUT2D eigenvalue weighted by Crippen LogP contribution is -2.31. The molecule has 0 saturated carbocycles. The van der Waals surface area contributed by atoms with Crippen LogP contribution in [0.25, 0.3) is 0 Å². The average molecular weight is 287 g/mol. The number of hydrogen-bond acceptors (Lipinski definition) is 4. The van der Waals surface area contributed by atoms with Crippen LogP contribution >= 0.6 is 0 Å². The number of ether oxygens (including phenoxy) is 1. The van der Waals surface area contributed by atoms with Crippen LogP contribution in [0.15, 0.2) is 47.3 Å². The summed E-state index contributed by atoms with van der Waals surface area (Å²) in [4.78, 5) is 14.2. The van der Waals surface area contributed by atoms with Gasteiger partial charge in [0.25, 0.3) is 5.91 Å². The molecule has 1 aliphatic heterocycles. The maximum Gasteiger partial charge on any atom is 0.257 e. The van der Waals surface area contributed by atoms with Crippen LogP contribution in [0.5, 0.6) is 5.75 Å². The third kappa shape index (κ3) is 2.64. The van der Waals surface area contributed by atoms with Crippen LogP contribution in [0.2, 0.25) is 0 Å². The lowest BCUT2D eigenvalue weighted by Gasteiger charge is -2.24. The fourth-order valence-electron chi connectivity index (χ4n) is 2.76. The lowest BCUT2D eigenvalue weighted by atomic mass is 10.0. The Morgan fingerprint density at radius 1 is 1.43 bits per heavy atom. The van der Waals surface area contributed by atoms with Crippen molar-refractivity contribution in [2.75, 3.05) is 13.7 Å². The molecule has 0 spiro atoms. The smallest absolute Gasteiger partial charge is 0.257 e. The zero-order chi connectivity index (χ0) is 14.8. The number of aliphatic hydroxyl groups is 1. The van der Waals surface area contributed by atoms with Crippen molar-refractivity contribution in [1.82, 2.24) is 4.90 Å². The fourth-order valence-corrected chi connectivity index (χ4v) is 2.76. The molecule has 0 bridgehead atoms. The topological polar surface area (TPSA) is 62.9 Å². The third-order valence-corrected chi connectivity index (χ3v) is 3.79. The minimum Gasteiger partial charge on any atom is -0.497 e. The minimum atomic E-state index is -0.517. The van der Waals surface area contributed by atoms with Crippen LogP contribution in [0, 0.1) is 0 Å². The zero-order valence-electron chi connectivity index (χ0n) is 11.7. The summed E-state index contributed by atoms with van der Waals surface area (Å²) < 4.78 is 10.2. The molecule has 110 valence electrons. The number of carbonyl (C=O) groups is 1. The first-order chi connectivity index (χ1) is 10.2. The highest BCUT2D eigenvalue weighted by Crippen LogP contribution is 2.34. The number of benzene rings is 1. The van der Waals surface area contributed by atoms with Gasteiger partial charge in [-0.15, -0.1) is 0 Å². The van der Waals surface area contributed by atoms with Crippen molar-refractivity contribution in [3.63, 3.8) is 0 Å². The number of rotatable bonds is 3. The van der Waals surface area contributed by atoms with Gasteiger partial charge in [-0.25, -0.2) is 0 Å². The van der Waals surface area contributed by atoms with E-state index < -0.39 is 6.10 Å². The van der Waals surface area contributed by atoms with Crippen LogP contribution in [0.4, 0.5) is 0 Å². The average Bonchev–Trinajstić information content (AvgIpc) is 3.16. The van der Waals surface area contributed by atoms with Gasteiger partial charge in [0.05, 0.1) is 31.1 Å². The molecule has 1 aliphatic rings. The van der Waals surface area contributed by atoms with Gasteiger partial charge in [-0.3, -0.25) is 4.79 Å². The molecular weight excluding hydrogens is 270 g/mol. The predicted octanol–water partition coefficient (Wildman–Crippen LogP) is 2.24. The summed E-state index contributed by atoms with van der Waals surface area (Å²) in [6.07, 6.45) is 2.91. The molecule has 1 N–H and O–H groups in total. The Morgan fingerprint density at radius 2 is 2.29 bits per heavy atom. The highest BCUT2D eigenvalue weighted by Gasteiger charge is 2.36. The first-order valence-electron chi connectivity index (χ1n) is 6.84. The summed E-state index contributed by atoms with van der Waals surface area (Å²) in [6.45, 7) is 0.325. The van der Waals surface area contributed by atoms with Crippen molar-refractivity contribution in [2.24, 2.45) is 0 Å². The second-order valence-corrected chi connectivity index (χ2v) is 5.15. The molecule has 21 heavy (non-hydrogen) atoms. The van der Waals surface area contributed by atoms with Gasteiger partial charge >= 0.3 is 0 Å². The van der Waals surface area contributed by atoms with Crippen molar-refractivity contribution in [1.29, 1.82) is 0 Å². The van der Waals surface area contributed by atoms with Gasteiger partial charge in [0.15, 0.2) is 0 Å². The van der Waals surface area contributed by atoms with E-state index >= 15 is 0 Å². The second-order valence-electron chi connectivity index (χ2n) is 5.15. The molecule has 0 unspecified atom stereocenters. The summed E-state index contributed by atoms with van der Waals surface area (Å²) in [5, 5.41) is 9.96. The quantitative estimate of drug-likeness (QED) is 0.940. The van der Waals surface area contributed by atoms with Crippen molar-refractivity contribution in [3.05, 3.63) is 54.0 Å². The number of nitrogens with zero attached hydrogens (tertiary/aromatic N) is 1. The van der Waals surface area contributed by atoms with E-state index in [0.717, 1.165) is 11.3 Å². The molecule has 1 aromatic heterocycles. The Hall–Kier alpha value is -2.27. The van der Waals surface area contributed by atoms with E-state index in [9.17, 15) is 9.90 Å². The maximum atomic E-state index is 12.5. The molecule has 3 rings (SSSR count).